The van der Waals surface area contributed by atoms with Crippen molar-refractivity contribution in [1.29, 1.82) is 0 Å². The van der Waals surface area contributed by atoms with E-state index in [1.165, 1.54) is 31.2 Å². The number of rotatable bonds is 7. The molecule has 3 N–H and O–H groups in total. The molecule has 0 spiro atoms. The molecule has 13 heteroatoms. The second kappa shape index (κ2) is 8.65. The standard InChI is InChI=1S/C19H16ClN3O7S2/c1-12-5-6-15(10-19(12)32(29,30)22-14-4-2-3-13(20)9-14)21-31(27,28)16-7-8-18(24)17(11-16)23(25)26/h2-11,21-22,24H,1H3. The highest BCUT2D eigenvalue weighted by Crippen LogP contribution is 2.30. The highest BCUT2D eigenvalue weighted by atomic mass is 35.5. The van der Waals surface area contributed by atoms with E-state index in [1.807, 2.05) is 0 Å². The van der Waals surface area contributed by atoms with Crippen LogP contribution in [0.2, 0.25) is 5.02 Å². The van der Waals surface area contributed by atoms with Crippen molar-refractivity contribution < 1.29 is 26.9 Å². The molecule has 3 aromatic rings. The number of sulfonamides is 2. The van der Waals surface area contributed by atoms with Crippen LogP contribution in [0.25, 0.3) is 0 Å². The third-order valence-electron chi connectivity index (χ3n) is 4.26. The molecule has 0 bridgehead atoms. The highest BCUT2D eigenvalue weighted by molar-refractivity contribution is 7.93. The van der Waals surface area contributed by atoms with Gasteiger partial charge in [0.05, 0.1) is 26.1 Å². The van der Waals surface area contributed by atoms with Gasteiger partial charge in [0.1, 0.15) is 0 Å². The first-order chi connectivity index (χ1) is 14.9. The monoisotopic (exact) mass is 497 g/mol. The molecule has 3 aromatic carbocycles. The van der Waals surface area contributed by atoms with E-state index in [9.17, 15) is 32.1 Å². The molecule has 0 aliphatic rings. The number of nitro benzene ring substituents is 1. The predicted molar refractivity (Wildman–Crippen MR) is 119 cm³/mol. The van der Waals surface area contributed by atoms with Crippen LogP contribution in [0.5, 0.6) is 5.75 Å². The van der Waals surface area contributed by atoms with Gasteiger partial charge in [-0.3, -0.25) is 19.6 Å². The topological polar surface area (TPSA) is 156 Å². The van der Waals surface area contributed by atoms with Crippen LogP contribution in [-0.4, -0.2) is 26.9 Å². The summed E-state index contributed by atoms with van der Waals surface area (Å²) in [6.45, 7) is 1.54. The lowest BCUT2D eigenvalue weighted by Crippen LogP contribution is -2.16. The number of hydrogen-bond donors (Lipinski definition) is 3. The molecule has 0 aromatic heterocycles. The van der Waals surface area contributed by atoms with E-state index in [-0.39, 0.29) is 16.3 Å². The maximum Gasteiger partial charge on any atom is 0.312 e. The van der Waals surface area contributed by atoms with Crippen LogP contribution in [-0.2, 0) is 20.0 Å². The van der Waals surface area contributed by atoms with Gasteiger partial charge in [0.2, 0.25) is 0 Å². The summed E-state index contributed by atoms with van der Waals surface area (Å²) in [7, 11) is -8.42. The van der Waals surface area contributed by atoms with Crippen LogP contribution in [0.15, 0.2) is 70.5 Å². The maximum atomic E-state index is 12.8. The van der Waals surface area contributed by atoms with Crippen molar-refractivity contribution in [1.82, 2.24) is 0 Å². The van der Waals surface area contributed by atoms with Crippen molar-refractivity contribution in [2.24, 2.45) is 0 Å². The lowest BCUT2D eigenvalue weighted by atomic mass is 10.2. The minimum absolute atomic E-state index is 0.0854. The lowest BCUT2D eigenvalue weighted by Gasteiger charge is -2.14. The Bertz CT molecular complexity index is 1420. The molecule has 32 heavy (non-hydrogen) atoms. The van der Waals surface area contributed by atoms with Gasteiger partial charge in [-0.25, -0.2) is 16.8 Å². The van der Waals surface area contributed by atoms with Gasteiger partial charge < -0.3 is 5.11 Å². The minimum atomic E-state index is -4.32. The minimum Gasteiger partial charge on any atom is -0.502 e. The number of benzene rings is 3. The van der Waals surface area contributed by atoms with Crippen LogP contribution in [0.1, 0.15) is 5.56 Å². The van der Waals surface area contributed by atoms with Crippen molar-refractivity contribution >= 4 is 48.7 Å². The highest BCUT2D eigenvalue weighted by Gasteiger charge is 2.23. The van der Waals surface area contributed by atoms with E-state index in [0.717, 1.165) is 18.2 Å². The summed E-state index contributed by atoms with van der Waals surface area (Å²) in [5.74, 6) is -0.690. The van der Waals surface area contributed by atoms with Gasteiger partial charge in [-0.2, -0.15) is 0 Å². The number of aromatic hydroxyl groups is 1. The number of nitrogens with one attached hydrogen (secondary N) is 2. The number of hydrogen-bond acceptors (Lipinski definition) is 7. The molecule has 0 amide bonds. The van der Waals surface area contributed by atoms with Crippen LogP contribution in [0.3, 0.4) is 0 Å². The molecule has 3 rings (SSSR count). The van der Waals surface area contributed by atoms with Crippen molar-refractivity contribution in [2.75, 3.05) is 9.44 Å². The molecule has 0 heterocycles. The SMILES string of the molecule is Cc1ccc(NS(=O)(=O)c2ccc(O)c([N+](=O)[O-])c2)cc1S(=O)(=O)Nc1cccc(Cl)c1. The van der Waals surface area contributed by atoms with Crippen molar-refractivity contribution in [3.05, 3.63) is 81.4 Å². The van der Waals surface area contributed by atoms with Gasteiger partial charge in [0, 0.05) is 11.1 Å². The van der Waals surface area contributed by atoms with Crippen molar-refractivity contribution in [3.8, 4) is 5.75 Å². The van der Waals surface area contributed by atoms with E-state index in [4.69, 9.17) is 11.6 Å². The average Bonchev–Trinajstić information content (AvgIpc) is 2.68. The maximum absolute atomic E-state index is 12.8. The summed E-state index contributed by atoms with van der Waals surface area (Å²) in [5.41, 5.74) is -0.300. The summed E-state index contributed by atoms with van der Waals surface area (Å²) in [6, 6.07) is 12.5. The van der Waals surface area contributed by atoms with E-state index >= 15 is 0 Å². The van der Waals surface area contributed by atoms with Gasteiger partial charge in [0.15, 0.2) is 5.75 Å². The molecule has 0 aliphatic carbocycles. The van der Waals surface area contributed by atoms with Gasteiger partial charge >= 0.3 is 5.69 Å². The summed E-state index contributed by atoms with van der Waals surface area (Å²) in [4.78, 5) is 9.38. The van der Waals surface area contributed by atoms with Crippen LogP contribution in [0.4, 0.5) is 17.1 Å². The molecular formula is C19H16ClN3O7S2. The molecule has 0 saturated heterocycles. The Balaban J connectivity index is 1.95. The number of anilines is 2. The van der Waals surface area contributed by atoms with E-state index in [1.54, 1.807) is 12.1 Å². The summed E-state index contributed by atoms with van der Waals surface area (Å²) < 4.78 is 55.6. The van der Waals surface area contributed by atoms with Gasteiger partial charge in [-0.1, -0.05) is 23.7 Å². The first kappa shape index (κ1) is 23.3. The fourth-order valence-corrected chi connectivity index (χ4v) is 5.33. The number of halogens is 1. The third-order valence-corrected chi connectivity index (χ3v) is 7.40. The molecule has 0 aliphatic heterocycles. The largest absolute Gasteiger partial charge is 0.502 e. The molecule has 168 valence electrons. The molecular weight excluding hydrogens is 482 g/mol. The van der Waals surface area contributed by atoms with E-state index in [2.05, 4.69) is 9.44 Å². The molecule has 0 saturated carbocycles. The Morgan fingerprint density at radius 1 is 0.906 bits per heavy atom. The van der Waals surface area contributed by atoms with Crippen LogP contribution < -0.4 is 9.44 Å². The second-order valence-electron chi connectivity index (χ2n) is 6.61. The average molecular weight is 498 g/mol. The number of aryl methyl sites for hydroxylation is 1. The molecule has 10 nitrogen and oxygen atoms in total. The van der Waals surface area contributed by atoms with Crippen LogP contribution >= 0.6 is 11.6 Å². The molecule has 0 fully saturated rings. The van der Waals surface area contributed by atoms with Gasteiger partial charge in [0.25, 0.3) is 20.0 Å². The smallest absolute Gasteiger partial charge is 0.312 e. The zero-order valence-electron chi connectivity index (χ0n) is 16.3. The first-order valence-electron chi connectivity index (χ1n) is 8.78. The van der Waals surface area contributed by atoms with E-state index in [0.29, 0.717) is 16.7 Å². The third kappa shape index (κ3) is 5.10. The van der Waals surface area contributed by atoms with Crippen molar-refractivity contribution in [2.45, 2.75) is 16.7 Å². The Kier molecular flexibility index (Phi) is 6.30. The summed E-state index contributed by atoms with van der Waals surface area (Å²) in [6.07, 6.45) is 0. The molecule has 0 atom stereocenters. The van der Waals surface area contributed by atoms with Crippen LogP contribution in [0, 0.1) is 17.0 Å². The predicted octanol–water partition coefficient (Wildman–Crippen LogP) is 3.86. The fourth-order valence-electron chi connectivity index (χ4n) is 2.75. The zero-order chi connectivity index (χ0) is 23.7. The Labute approximate surface area is 188 Å². The van der Waals surface area contributed by atoms with Crippen molar-refractivity contribution in [3.63, 3.8) is 0 Å². The van der Waals surface area contributed by atoms with E-state index < -0.39 is 41.3 Å². The molecule has 0 unspecified atom stereocenters. The molecule has 0 radical (unpaired) electrons. The lowest BCUT2D eigenvalue weighted by molar-refractivity contribution is -0.386. The quantitative estimate of drug-likeness (QED) is 0.330. The van der Waals surface area contributed by atoms with Gasteiger partial charge in [-0.15, -0.1) is 0 Å². The first-order valence-corrected chi connectivity index (χ1v) is 12.1. The summed E-state index contributed by atoms with van der Waals surface area (Å²) >= 11 is 5.88. The number of nitrogens with zero attached hydrogens (tertiary/aromatic N) is 1. The Morgan fingerprint density at radius 2 is 1.56 bits per heavy atom. The Hall–Kier alpha value is -3.35. The zero-order valence-corrected chi connectivity index (χ0v) is 18.7. The van der Waals surface area contributed by atoms with Gasteiger partial charge in [-0.05, 0) is 55.0 Å². The summed E-state index contributed by atoms with van der Waals surface area (Å²) in [5, 5.41) is 20.8. The number of phenols is 1. The Morgan fingerprint density at radius 3 is 2.22 bits per heavy atom. The number of nitro groups is 1. The fraction of sp³-hybridized carbons (Fsp3) is 0.0526. The normalized spacial score (nSPS) is 11.7. The number of phenolic OH excluding ortho intramolecular Hbond substituents is 1. The second-order valence-corrected chi connectivity index (χ2v) is 10.4.